The van der Waals surface area contributed by atoms with Crippen LogP contribution in [-0.4, -0.2) is 56.9 Å². The summed E-state index contributed by atoms with van der Waals surface area (Å²) in [5.41, 5.74) is 0.992. The molecule has 0 aromatic carbocycles. The molecule has 1 saturated heterocycles. The molecule has 1 atom stereocenters. The van der Waals surface area contributed by atoms with E-state index in [0.717, 1.165) is 31.6 Å². The average molecular weight is 329 g/mol. The molecule has 0 unspecified atom stereocenters. The molecule has 7 nitrogen and oxygen atoms in total. The number of hydrogen-bond donors (Lipinski definition) is 0. The fraction of sp³-hybridized carbons (Fsp3) is 0.529. The maximum Gasteiger partial charge on any atom is 0.222 e. The van der Waals surface area contributed by atoms with E-state index in [9.17, 15) is 4.79 Å². The van der Waals surface area contributed by atoms with Crippen LogP contribution in [0.2, 0.25) is 0 Å². The Labute approximate surface area is 141 Å². The molecule has 7 heteroatoms. The molecule has 2 aromatic rings. The lowest BCUT2D eigenvalue weighted by atomic mass is 10.0. The smallest absolute Gasteiger partial charge is 0.222 e. The Bertz CT molecular complexity index is 617. The van der Waals surface area contributed by atoms with E-state index in [1.165, 1.54) is 0 Å². The number of amides is 1. The molecule has 0 saturated carbocycles. The van der Waals surface area contributed by atoms with Gasteiger partial charge in [0.1, 0.15) is 6.33 Å². The lowest BCUT2D eigenvalue weighted by Gasteiger charge is -2.23. The number of carbonyl (C=O) groups is 1. The molecule has 0 aliphatic carbocycles. The third-order valence-electron chi connectivity index (χ3n) is 4.17. The molecular weight excluding hydrogens is 306 g/mol. The van der Waals surface area contributed by atoms with Crippen LogP contribution < -0.4 is 0 Å². The van der Waals surface area contributed by atoms with E-state index >= 15 is 0 Å². The molecule has 1 aliphatic heterocycles. The van der Waals surface area contributed by atoms with Crippen LogP contribution in [-0.2, 0) is 22.5 Å². The molecule has 128 valence electrons. The summed E-state index contributed by atoms with van der Waals surface area (Å²) in [5, 5.41) is 4.16. The van der Waals surface area contributed by atoms with Crippen LogP contribution in [0.4, 0.5) is 0 Å². The van der Waals surface area contributed by atoms with Gasteiger partial charge < -0.3 is 9.64 Å². The highest BCUT2D eigenvalue weighted by atomic mass is 16.5. The summed E-state index contributed by atoms with van der Waals surface area (Å²) in [5.74, 6) is 0.470. The number of carbonyl (C=O) groups excluding carboxylic acids is 1. The molecular formula is C17H23N5O2. The van der Waals surface area contributed by atoms with Crippen LogP contribution in [0.3, 0.4) is 0 Å². The van der Waals surface area contributed by atoms with Crippen molar-refractivity contribution in [2.45, 2.75) is 25.8 Å². The van der Waals surface area contributed by atoms with Gasteiger partial charge in [0.25, 0.3) is 0 Å². The van der Waals surface area contributed by atoms with Gasteiger partial charge in [0, 0.05) is 56.3 Å². The first-order valence-corrected chi connectivity index (χ1v) is 8.39. The van der Waals surface area contributed by atoms with Gasteiger partial charge in [-0.05, 0) is 25.0 Å². The minimum atomic E-state index is 0.195. The lowest BCUT2D eigenvalue weighted by Crippen LogP contribution is -2.36. The van der Waals surface area contributed by atoms with E-state index < -0.39 is 0 Å². The summed E-state index contributed by atoms with van der Waals surface area (Å²) in [7, 11) is 0. The van der Waals surface area contributed by atoms with E-state index in [2.05, 4.69) is 15.1 Å². The van der Waals surface area contributed by atoms with Crippen molar-refractivity contribution in [2.24, 2.45) is 5.92 Å². The van der Waals surface area contributed by atoms with Gasteiger partial charge in [-0.3, -0.25) is 9.48 Å². The van der Waals surface area contributed by atoms with E-state index in [1.54, 1.807) is 18.7 Å². The molecule has 0 bridgehead atoms. The van der Waals surface area contributed by atoms with Crippen molar-refractivity contribution in [3.63, 3.8) is 0 Å². The predicted octanol–water partition coefficient (Wildman–Crippen LogP) is 1.17. The monoisotopic (exact) mass is 329 g/mol. The van der Waals surface area contributed by atoms with Gasteiger partial charge in [0.05, 0.1) is 13.2 Å². The van der Waals surface area contributed by atoms with Crippen molar-refractivity contribution >= 4 is 5.91 Å². The average Bonchev–Trinajstić information content (AvgIpc) is 3.01. The lowest BCUT2D eigenvalue weighted by molar-refractivity contribution is -0.131. The zero-order valence-electron chi connectivity index (χ0n) is 13.8. The second-order valence-electron chi connectivity index (χ2n) is 6.06. The topological polar surface area (TPSA) is 73.1 Å². The van der Waals surface area contributed by atoms with Crippen LogP contribution >= 0.6 is 0 Å². The summed E-state index contributed by atoms with van der Waals surface area (Å²) in [6.45, 7) is 3.44. The minimum absolute atomic E-state index is 0.195. The van der Waals surface area contributed by atoms with Crippen LogP contribution in [0.1, 0.15) is 18.5 Å². The maximum atomic E-state index is 12.5. The molecule has 2 aromatic heterocycles. The van der Waals surface area contributed by atoms with Gasteiger partial charge >= 0.3 is 0 Å². The van der Waals surface area contributed by atoms with Crippen molar-refractivity contribution in [3.05, 3.63) is 42.7 Å². The van der Waals surface area contributed by atoms with E-state index in [4.69, 9.17) is 4.74 Å². The number of ether oxygens (including phenoxy) is 1. The van der Waals surface area contributed by atoms with Gasteiger partial charge in [-0.2, -0.15) is 5.10 Å². The standard InChI is InChI=1S/C17H23N5O2/c23-17(3-1-7-22-8-2-5-20-22)21-9-10-24-13-15(12-21)11-16-4-6-18-14-19-16/h2,4-6,8,14-15H,1,3,7,9-13H2/t15-/m1/s1. The van der Waals surface area contributed by atoms with Crippen molar-refractivity contribution < 1.29 is 9.53 Å². The molecule has 1 aliphatic rings. The fourth-order valence-electron chi connectivity index (χ4n) is 2.95. The summed E-state index contributed by atoms with van der Waals surface area (Å²) < 4.78 is 7.53. The number of hydrogen-bond acceptors (Lipinski definition) is 5. The van der Waals surface area contributed by atoms with E-state index in [0.29, 0.717) is 26.2 Å². The Hall–Kier alpha value is -2.28. The van der Waals surface area contributed by atoms with Gasteiger partial charge in [-0.15, -0.1) is 0 Å². The van der Waals surface area contributed by atoms with Gasteiger partial charge in [0.2, 0.25) is 5.91 Å². The quantitative estimate of drug-likeness (QED) is 0.795. The first-order chi connectivity index (χ1) is 11.8. The highest BCUT2D eigenvalue weighted by molar-refractivity contribution is 5.76. The van der Waals surface area contributed by atoms with E-state index in [1.807, 2.05) is 27.9 Å². The van der Waals surface area contributed by atoms with Crippen molar-refractivity contribution in [1.29, 1.82) is 0 Å². The van der Waals surface area contributed by atoms with Crippen LogP contribution in [0.25, 0.3) is 0 Å². The Balaban J connectivity index is 1.49. The molecule has 0 N–H and O–H groups in total. The van der Waals surface area contributed by atoms with Gasteiger partial charge in [0.15, 0.2) is 0 Å². The third-order valence-corrected chi connectivity index (χ3v) is 4.17. The molecule has 24 heavy (non-hydrogen) atoms. The summed E-state index contributed by atoms with van der Waals surface area (Å²) in [6.07, 6.45) is 9.13. The first-order valence-electron chi connectivity index (χ1n) is 8.39. The van der Waals surface area contributed by atoms with Gasteiger partial charge in [-0.25, -0.2) is 9.97 Å². The Morgan fingerprint density at radius 3 is 3.12 bits per heavy atom. The van der Waals surface area contributed by atoms with Gasteiger partial charge in [-0.1, -0.05) is 0 Å². The Morgan fingerprint density at radius 1 is 1.38 bits per heavy atom. The highest BCUT2D eigenvalue weighted by Gasteiger charge is 2.22. The number of nitrogens with zero attached hydrogens (tertiary/aromatic N) is 5. The minimum Gasteiger partial charge on any atom is -0.379 e. The second kappa shape index (κ2) is 8.54. The first kappa shape index (κ1) is 16.6. The summed E-state index contributed by atoms with van der Waals surface area (Å²) >= 11 is 0. The van der Waals surface area contributed by atoms with Crippen molar-refractivity contribution in [3.8, 4) is 0 Å². The van der Waals surface area contributed by atoms with Crippen molar-refractivity contribution in [2.75, 3.05) is 26.3 Å². The van der Waals surface area contributed by atoms with Crippen LogP contribution in [0, 0.1) is 5.92 Å². The summed E-state index contributed by atoms with van der Waals surface area (Å²) in [6, 6.07) is 3.81. The highest BCUT2D eigenvalue weighted by Crippen LogP contribution is 2.13. The largest absolute Gasteiger partial charge is 0.379 e. The Kier molecular flexibility index (Phi) is 5.90. The fourth-order valence-corrected chi connectivity index (χ4v) is 2.95. The molecule has 1 amide bonds. The predicted molar refractivity (Wildman–Crippen MR) is 88.1 cm³/mol. The molecule has 0 spiro atoms. The van der Waals surface area contributed by atoms with Crippen molar-refractivity contribution in [1.82, 2.24) is 24.6 Å². The number of aryl methyl sites for hydroxylation is 1. The summed E-state index contributed by atoms with van der Waals surface area (Å²) in [4.78, 5) is 22.6. The Morgan fingerprint density at radius 2 is 2.33 bits per heavy atom. The van der Waals surface area contributed by atoms with E-state index in [-0.39, 0.29) is 11.8 Å². The zero-order valence-corrected chi connectivity index (χ0v) is 13.8. The van der Waals surface area contributed by atoms with Crippen LogP contribution in [0.5, 0.6) is 0 Å². The zero-order chi connectivity index (χ0) is 16.6. The van der Waals surface area contributed by atoms with Crippen LogP contribution in [0.15, 0.2) is 37.1 Å². The molecule has 3 heterocycles. The second-order valence-corrected chi connectivity index (χ2v) is 6.06. The SMILES string of the molecule is O=C(CCCn1cccn1)N1CCOC[C@H](Cc2ccncn2)C1. The number of aromatic nitrogens is 4. The normalized spacial score (nSPS) is 18.3. The molecule has 0 radical (unpaired) electrons. The third kappa shape index (κ3) is 4.86. The maximum absolute atomic E-state index is 12.5. The molecule has 3 rings (SSSR count). The number of rotatable bonds is 6. The molecule has 1 fully saturated rings.